The van der Waals surface area contributed by atoms with Crippen molar-refractivity contribution in [1.82, 2.24) is 10.5 Å². The minimum atomic E-state index is -1.50. The quantitative estimate of drug-likeness (QED) is 0.599. The minimum Gasteiger partial charge on any atom is -0.472 e. The molecule has 3 rings (SSSR count). The summed E-state index contributed by atoms with van der Waals surface area (Å²) in [6.45, 7) is -0.196. The Bertz CT molecular complexity index is 762. The van der Waals surface area contributed by atoms with Crippen LogP contribution in [0.2, 0.25) is 0 Å². The van der Waals surface area contributed by atoms with Crippen molar-refractivity contribution in [3.8, 4) is 0 Å². The van der Waals surface area contributed by atoms with Gasteiger partial charge in [-0.3, -0.25) is 14.9 Å². The van der Waals surface area contributed by atoms with E-state index < -0.39 is 17.4 Å². The number of thiophene rings is 1. The zero-order valence-electron chi connectivity index (χ0n) is 12.3. The van der Waals surface area contributed by atoms with Crippen LogP contribution < -0.4 is 10.6 Å². The summed E-state index contributed by atoms with van der Waals surface area (Å²) in [6.07, 6.45) is 4.08. The fourth-order valence-corrected chi connectivity index (χ4v) is 2.93. The monoisotopic (exact) mass is 347 g/mol. The average Bonchev–Trinajstić information content (AvgIpc) is 3.35. The lowest BCUT2D eigenvalue weighted by molar-refractivity contribution is -0.136. The largest absolute Gasteiger partial charge is 0.472 e. The van der Waals surface area contributed by atoms with Crippen LogP contribution >= 0.6 is 11.3 Å². The van der Waals surface area contributed by atoms with E-state index in [-0.39, 0.29) is 12.4 Å². The Morgan fingerprint density at radius 3 is 2.75 bits per heavy atom. The number of hydrogen-bond donors (Lipinski definition) is 3. The fraction of sp³-hybridized carbons (Fsp3) is 0.133. The van der Waals surface area contributed by atoms with Gasteiger partial charge in [-0.1, -0.05) is 11.2 Å². The molecule has 3 aromatic heterocycles. The molecule has 9 heteroatoms. The third-order valence-corrected chi connectivity index (χ3v) is 4.34. The van der Waals surface area contributed by atoms with E-state index in [2.05, 4.69) is 20.3 Å². The summed E-state index contributed by atoms with van der Waals surface area (Å²) in [7, 11) is 0. The van der Waals surface area contributed by atoms with Gasteiger partial charge in [-0.15, -0.1) is 11.3 Å². The predicted octanol–water partition coefficient (Wildman–Crippen LogP) is 1.32. The molecule has 124 valence electrons. The summed E-state index contributed by atoms with van der Waals surface area (Å²) in [5.41, 5.74) is -1.02. The molecule has 24 heavy (non-hydrogen) atoms. The van der Waals surface area contributed by atoms with E-state index in [0.717, 1.165) is 0 Å². The molecule has 0 aliphatic rings. The lowest BCUT2D eigenvalue weighted by Crippen LogP contribution is -2.44. The number of aromatic nitrogens is 1. The van der Waals surface area contributed by atoms with Gasteiger partial charge in [0, 0.05) is 16.5 Å². The van der Waals surface area contributed by atoms with Gasteiger partial charge >= 0.3 is 11.8 Å². The van der Waals surface area contributed by atoms with E-state index in [1.54, 1.807) is 23.6 Å². The van der Waals surface area contributed by atoms with Gasteiger partial charge in [0.1, 0.15) is 11.9 Å². The van der Waals surface area contributed by atoms with Crippen LogP contribution in [0.25, 0.3) is 0 Å². The molecule has 0 unspecified atom stereocenters. The highest BCUT2D eigenvalue weighted by atomic mass is 32.1. The van der Waals surface area contributed by atoms with Crippen molar-refractivity contribution >= 4 is 29.0 Å². The number of furan rings is 1. The number of hydrogen-bond acceptors (Lipinski definition) is 7. The number of nitrogens with one attached hydrogen (secondary N) is 2. The van der Waals surface area contributed by atoms with Crippen LogP contribution in [-0.4, -0.2) is 28.6 Å². The molecule has 3 N–H and O–H groups in total. The Balaban J connectivity index is 1.70. The van der Waals surface area contributed by atoms with Crippen LogP contribution in [0.5, 0.6) is 0 Å². The Morgan fingerprint density at radius 1 is 1.25 bits per heavy atom. The number of nitrogens with zero attached hydrogens (tertiary/aromatic N) is 1. The molecule has 0 fully saturated rings. The Morgan fingerprint density at radius 2 is 2.12 bits per heavy atom. The molecule has 8 nitrogen and oxygen atoms in total. The van der Waals surface area contributed by atoms with Gasteiger partial charge < -0.3 is 19.4 Å². The summed E-state index contributed by atoms with van der Waals surface area (Å²) in [5.74, 6) is -1.69. The third kappa shape index (κ3) is 3.21. The molecule has 0 saturated heterocycles. The van der Waals surface area contributed by atoms with Crippen LogP contribution in [0.3, 0.4) is 0 Å². The zero-order chi connectivity index (χ0) is 17.0. The van der Waals surface area contributed by atoms with Crippen molar-refractivity contribution in [2.75, 3.05) is 11.9 Å². The second-order valence-electron chi connectivity index (χ2n) is 4.87. The smallest absolute Gasteiger partial charge is 0.314 e. The van der Waals surface area contributed by atoms with Gasteiger partial charge in [0.25, 0.3) is 0 Å². The average molecular weight is 347 g/mol. The van der Waals surface area contributed by atoms with E-state index in [0.29, 0.717) is 10.4 Å². The van der Waals surface area contributed by atoms with Crippen LogP contribution in [0.4, 0.5) is 5.82 Å². The Kier molecular flexibility index (Phi) is 4.45. The lowest BCUT2D eigenvalue weighted by atomic mass is 9.94. The second kappa shape index (κ2) is 6.69. The first-order valence-electron chi connectivity index (χ1n) is 6.88. The number of carbonyl (C=O) groups excluding carboxylic acids is 2. The first kappa shape index (κ1) is 16.0. The van der Waals surface area contributed by atoms with Crippen molar-refractivity contribution < 1.29 is 23.6 Å². The maximum Gasteiger partial charge on any atom is 0.314 e. The van der Waals surface area contributed by atoms with Gasteiger partial charge in [0.05, 0.1) is 19.1 Å². The molecule has 0 aromatic carbocycles. The fourth-order valence-electron chi connectivity index (χ4n) is 2.08. The summed E-state index contributed by atoms with van der Waals surface area (Å²) in [5, 5.41) is 21.0. The van der Waals surface area contributed by atoms with E-state index in [1.807, 2.05) is 0 Å². The minimum absolute atomic E-state index is 0.124. The summed E-state index contributed by atoms with van der Waals surface area (Å²) >= 11 is 1.33. The number of aliphatic hydroxyl groups is 1. The van der Waals surface area contributed by atoms with Crippen LogP contribution in [0.15, 0.2) is 57.4 Å². The highest BCUT2D eigenvalue weighted by Crippen LogP contribution is 2.32. The van der Waals surface area contributed by atoms with Crippen molar-refractivity contribution in [2.24, 2.45) is 0 Å². The SMILES string of the molecule is O=C(NC[C@](O)(c1ccoc1)c1cccs1)C(=O)Nc1ccon1. The molecule has 0 bridgehead atoms. The van der Waals surface area contributed by atoms with Gasteiger partial charge in [0.2, 0.25) is 0 Å². The highest BCUT2D eigenvalue weighted by molar-refractivity contribution is 7.10. The topological polar surface area (TPSA) is 118 Å². The number of carbonyl (C=O) groups is 2. The molecule has 3 aromatic rings. The normalized spacial score (nSPS) is 13.2. The maximum atomic E-state index is 11.9. The first-order chi connectivity index (χ1) is 11.6. The molecule has 0 aliphatic carbocycles. The van der Waals surface area contributed by atoms with E-state index >= 15 is 0 Å². The lowest BCUT2D eigenvalue weighted by Gasteiger charge is -2.26. The number of rotatable bonds is 5. The molecular weight excluding hydrogens is 334 g/mol. The standard InChI is InChI=1S/C15H13N3O5S/c19-13(14(20)17-12-4-6-23-18-12)16-9-15(21,10-3-5-22-8-10)11-2-1-7-24-11/h1-8,21H,9H2,(H,16,19)(H,17,18,20)/t15-/m0/s1. The maximum absolute atomic E-state index is 11.9. The molecule has 1 atom stereocenters. The second-order valence-corrected chi connectivity index (χ2v) is 5.82. The zero-order valence-corrected chi connectivity index (χ0v) is 13.1. The Hall–Kier alpha value is -2.91. The number of amides is 2. The van der Waals surface area contributed by atoms with E-state index in [1.165, 1.54) is 36.2 Å². The van der Waals surface area contributed by atoms with Crippen molar-refractivity contribution in [2.45, 2.75) is 5.60 Å². The molecule has 0 aliphatic heterocycles. The summed E-state index contributed by atoms with van der Waals surface area (Å²) < 4.78 is 9.58. The van der Waals surface area contributed by atoms with Gasteiger partial charge in [-0.2, -0.15) is 0 Å². The van der Waals surface area contributed by atoms with Gasteiger partial charge in [-0.25, -0.2) is 0 Å². The van der Waals surface area contributed by atoms with Crippen LogP contribution in [0.1, 0.15) is 10.4 Å². The van der Waals surface area contributed by atoms with Crippen molar-refractivity contribution in [3.63, 3.8) is 0 Å². The molecule has 0 saturated carbocycles. The first-order valence-corrected chi connectivity index (χ1v) is 7.76. The molecular formula is C15H13N3O5S. The van der Waals surface area contributed by atoms with Crippen LogP contribution in [-0.2, 0) is 15.2 Å². The number of anilines is 1. The molecule has 3 heterocycles. The predicted molar refractivity (Wildman–Crippen MR) is 84.2 cm³/mol. The molecule has 2 amide bonds. The molecule has 0 spiro atoms. The van der Waals surface area contributed by atoms with Gasteiger partial charge in [-0.05, 0) is 17.5 Å². The van der Waals surface area contributed by atoms with E-state index in [9.17, 15) is 14.7 Å². The van der Waals surface area contributed by atoms with Crippen molar-refractivity contribution in [3.05, 3.63) is 58.9 Å². The van der Waals surface area contributed by atoms with Crippen LogP contribution in [0, 0.1) is 0 Å². The molecule has 0 radical (unpaired) electrons. The summed E-state index contributed by atoms with van der Waals surface area (Å²) in [4.78, 5) is 24.4. The third-order valence-electron chi connectivity index (χ3n) is 3.32. The van der Waals surface area contributed by atoms with Crippen molar-refractivity contribution in [1.29, 1.82) is 0 Å². The van der Waals surface area contributed by atoms with E-state index in [4.69, 9.17) is 4.42 Å². The summed E-state index contributed by atoms with van der Waals surface area (Å²) in [6, 6.07) is 6.52. The highest BCUT2D eigenvalue weighted by Gasteiger charge is 2.35. The Labute approximate surface area is 140 Å². The van der Waals surface area contributed by atoms with Gasteiger partial charge in [0.15, 0.2) is 5.82 Å².